The van der Waals surface area contributed by atoms with Crippen LogP contribution in [0.3, 0.4) is 0 Å². The van der Waals surface area contributed by atoms with Gasteiger partial charge < -0.3 is 25.8 Å². The number of amides is 3. The zero-order chi connectivity index (χ0) is 27.8. The van der Waals surface area contributed by atoms with Crippen LogP contribution in [0.4, 0.5) is 16.3 Å². The Morgan fingerprint density at radius 1 is 1.16 bits per heavy atom. The molecule has 1 aromatic heterocycles. The maximum absolute atomic E-state index is 12.4. The van der Waals surface area contributed by atoms with E-state index in [-0.39, 0.29) is 30.1 Å². The molecule has 0 unspecified atom stereocenters. The molecular formula is C26H38N6O5. The van der Waals surface area contributed by atoms with Crippen molar-refractivity contribution >= 4 is 29.4 Å². The number of primary amides is 1. The standard InChI is InChI=1S/C26H38N6O5/c1-8-19-24(37-16(2)3)31-23(21(30-19)22(27)34)29-18-11-9-10-17(14-18)12-13-28-20(33)15-32(25(35)36-7)26(4,5)6/h9-11,14,16H,8,12-13,15H2,1-7H3,(H2,27,34)(H,28,33)(H,29,31). The van der Waals surface area contributed by atoms with Crippen LogP contribution in [-0.2, 0) is 22.4 Å². The van der Waals surface area contributed by atoms with Crippen molar-refractivity contribution in [3.8, 4) is 5.88 Å². The van der Waals surface area contributed by atoms with Gasteiger partial charge in [-0.25, -0.2) is 9.78 Å². The van der Waals surface area contributed by atoms with Gasteiger partial charge in [0.25, 0.3) is 5.91 Å². The van der Waals surface area contributed by atoms with E-state index in [1.54, 1.807) is 0 Å². The minimum Gasteiger partial charge on any atom is -0.474 e. The van der Waals surface area contributed by atoms with Crippen LogP contribution in [0.25, 0.3) is 0 Å². The molecule has 4 N–H and O–H groups in total. The Morgan fingerprint density at radius 2 is 1.86 bits per heavy atom. The molecule has 37 heavy (non-hydrogen) atoms. The van der Waals surface area contributed by atoms with E-state index in [0.29, 0.717) is 36.6 Å². The first-order valence-corrected chi connectivity index (χ1v) is 12.2. The number of ether oxygens (including phenoxy) is 2. The van der Waals surface area contributed by atoms with Gasteiger partial charge in [0, 0.05) is 17.8 Å². The molecule has 0 fully saturated rings. The number of benzene rings is 1. The Labute approximate surface area is 218 Å². The molecule has 0 radical (unpaired) electrons. The third kappa shape index (κ3) is 8.62. The van der Waals surface area contributed by atoms with E-state index in [0.717, 1.165) is 5.56 Å². The van der Waals surface area contributed by atoms with Crippen LogP contribution in [0.15, 0.2) is 24.3 Å². The Morgan fingerprint density at radius 3 is 2.43 bits per heavy atom. The van der Waals surface area contributed by atoms with E-state index in [1.165, 1.54) is 12.0 Å². The highest BCUT2D eigenvalue weighted by Gasteiger charge is 2.29. The normalized spacial score (nSPS) is 11.1. The molecular weight excluding hydrogens is 476 g/mol. The number of hydrogen-bond donors (Lipinski definition) is 3. The molecule has 0 saturated carbocycles. The highest BCUT2D eigenvalue weighted by molar-refractivity contribution is 5.96. The molecule has 2 rings (SSSR count). The van der Waals surface area contributed by atoms with Gasteiger partial charge in [0.05, 0.1) is 13.2 Å². The minimum absolute atomic E-state index is 0.0274. The Kier molecular flexibility index (Phi) is 10.2. The summed E-state index contributed by atoms with van der Waals surface area (Å²) in [7, 11) is 1.29. The third-order valence-corrected chi connectivity index (χ3v) is 5.28. The average Bonchev–Trinajstić information content (AvgIpc) is 2.81. The number of aromatic nitrogens is 2. The van der Waals surface area contributed by atoms with Gasteiger partial charge in [-0.05, 0) is 65.2 Å². The number of anilines is 2. The van der Waals surface area contributed by atoms with Crippen LogP contribution in [0.5, 0.6) is 5.88 Å². The van der Waals surface area contributed by atoms with Gasteiger partial charge in [0.2, 0.25) is 11.8 Å². The second-order valence-corrected chi connectivity index (χ2v) is 9.71. The summed E-state index contributed by atoms with van der Waals surface area (Å²) in [5, 5.41) is 5.96. The van der Waals surface area contributed by atoms with Crippen LogP contribution in [-0.4, -0.2) is 64.6 Å². The number of methoxy groups -OCH3 is 1. The lowest BCUT2D eigenvalue weighted by molar-refractivity contribution is -0.123. The molecule has 202 valence electrons. The highest BCUT2D eigenvalue weighted by Crippen LogP contribution is 2.25. The van der Waals surface area contributed by atoms with E-state index >= 15 is 0 Å². The summed E-state index contributed by atoms with van der Waals surface area (Å²) in [6.45, 7) is 11.4. The lowest BCUT2D eigenvalue weighted by Gasteiger charge is -2.33. The monoisotopic (exact) mass is 514 g/mol. The largest absolute Gasteiger partial charge is 0.474 e. The topological polar surface area (TPSA) is 149 Å². The molecule has 1 aromatic carbocycles. The van der Waals surface area contributed by atoms with Crippen LogP contribution in [0.1, 0.15) is 63.3 Å². The second kappa shape index (κ2) is 12.9. The summed E-state index contributed by atoms with van der Waals surface area (Å²) in [4.78, 5) is 46.7. The summed E-state index contributed by atoms with van der Waals surface area (Å²) >= 11 is 0. The van der Waals surface area contributed by atoms with E-state index in [2.05, 4.69) is 20.6 Å². The zero-order valence-corrected chi connectivity index (χ0v) is 22.7. The molecule has 0 aliphatic rings. The number of aryl methyl sites for hydroxylation is 1. The Bertz CT molecular complexity index is 1110. The van der Waals surface area contributed by atoms with Gasteiger partial charge in [-0.3, -0.25) is 14.5 Å². The van der Waals surface area contributed by atoms with Gasteiger partial charge in [-0.15, -0.1) is 0 Å². The van der Waals surface area contributed by atoms with Crippen LogP contribution < -0.4 is 21.1 Å². The maximum Gasteiger partial charge on any atom is 0.410 e. The lowest BCUT2D eigenvalue weighted by Crippen LogP contribution is -2.50. The van der Waals surface area contributed by atoms with E-state index in [9.17, 15) is 14.4 Å². The third-order valence-electron chi connectivity index (χ3n) is 5.28. The number of nitrogens with one attached hydrogen (secondary N) is 2. The minimum atomic E-state index is -0.698. The number of nitrogens with two attached hydrogens (primary N) is 1. The van der Waals surface area contributed by atoms with E-state index < -0.39 is 17.5 Å². The van der Waals surface area contributed by atoms with Crippen molar-refractivity contribution in [1.82, 2.24) is 20.2 Å². The molecule has 0 aliphatic heterocycles. The zero-order valence-electron chi connectivity index (χ0n) is 22.7. The van der Waals surface area contributed by atoms with Gasteiger partial charge in [0.15, 0.2) is 11.5 Å². The molecule has 0 saturated heterocycles. The molecule has 0 aliphatic carbocycles. The predicted molar refractivity (Wildman–Crippen MR) is 141 cm³/mol. The van der Waals surface area contributed by atoms with Crippen molar-refractivity contribution in [2.45, 2.75) is 66.0 Å². The number of carbonyl (C=O) groups is 3. The molecule has 2 aromatic rings. The van der Waals surface area contributed by atoms with Crippen molar-refractivity contribution in [3.05, 3.63) is 41.2 Å². The smallest absolute Gasteiger partial charge is 0.410 e. The van der Waals surface area contributed by atoms with Gasteiger partial charge in [0.1, 0.15) is 12.2 Å². The summed E-state index contributed by atoms with van der Waals surface area (Å²) in [5.41, 5.74) is 7.18. The highest BCUT2D eigenvalue weighted by atomic mass is 16.5. The van der Waals surface area contributed by atoms with Crippen LogP contribution in [0.2, 0.25) is 0 Å². The van der Waals surface area contributed by atoms with E-state index in [4.69, 9.17) is 15.2 Å². The first kappa shape index (κ1) is 29.3. The number of nitrogens with zero attached hydrogens (tertiary/aromatic N) is 3. The summed E-state index contributed by atoms with van der Waals surface area (Å²) < 4.78 is 10.6. The molecule has 0 atom stereocenters. The van der Waals surface area contributed by atoms with Crippen molar-refractivity contribution in [1.29, 1.82) is 0 Å². The molecule has 0 spiro atoms. The first-order chi connectivity index (χ1) is 17.3. The fourth-order valence-corrected chi connectivity index (χ4v) is 3.43. The first-order valence-electron chi connectivity index (χ1n) is 12.2. The lowest BCUT2D eigenvalue weighted by atomic mass is 10.1. The maximum atomic E-state index is 12.4. The number of rotatable bonds is 11. The molecule has 3 amide bonds. The fraction of sp³-hybridized carbons (Fsp3) is 0.500. The second-order valence-electron chi connectivity index (χ2n) is 9.71. The van der Waals surface area contributed by atoms with Crippen LogP contribution >= 0.6 is 0 Å². The van der Waals surface area contributed by atoms with Crippen molar-refractivity contribution in [2.75, 3.05) is 25.5 Å². The van der Waals surface area contributed by atoms with Gasteiger partial charge in [-0.1, -0.05) is 19.1 Å². The predicted octanol–water partition coefficient (Wildman–Crippen LogP) is 3.19. The van der Waals surface area contributed by atoms with E-state index in [1.807, 2.05) is 65.8 Å². The molecule has 1 heterocycles. The summed E-state index contributed by atoms with van der Waals surface area (Å²) in [6.07, 6.45) is 0.395. The van der Waals surface area contributed by atoms with Crippen LogP contribution in [0, 0.1) is 0 Å². The fourth-order valence-electron chi connectivity index (χ4n) is 3.43. The van der Waals surface area contributed by atoms with Gasteiger partial charge in [-0.2, -0.15) is 4.98 Å². The van der Waals surface area contributed by atoms with Crippen molar-refractivity contribution in [2.24, 2.45) is 5.73 Å². The quantitative estimate of drug-likeness (QED) is 0.414. The number of carbonyl (C=O) groups excluding carboxylic acids is 3. The average molecular weight is 515 g/mol. The SMILES string of the molecule is CCc1nc(C(N)=O)c(Nc2cccc(CCNC(=O)CN(C(=O)OC)C(C)(C)C)c2)nc1OC(C)C. The summed E-state index contributed by atoms with van der Waals surface area (Å²) in [5.74, 6) is -0.434. The van der Waals surface area contributed by atoms with Crippen molar-refractivity contribution < 1.29 is 23.9 Å². The Hall–Kier alpha value is -3.89. The summed E-state index contributed by atoms with van der Waals surface area (Å²) in [6, 6.07) is 7.47. The number of hydrogen-bond acceptors (Lipinski definition) is 8. The molecule has 11 heteroatoms. The molecule has 11 nitrogen and oxygen atoms in total. The van der Waals surface area contributed by atoms with Gasteiger partial charge >= 0.3 is 6.09 Å². The molecule has 0 bridgehead atoms. The Balaban J connectivity index is 2.11. The van der Waals surface area contributed by atoms with Crippen molar-refractivity contribution in [3.63, 3.8) is 0 Å².